The topological polar surface area (TPSA) is 78.6 Å². The van der Waals surface area contributed by atoms with Gasteiger partial charge in [0.15, 0.2) is 0 Å². The van der Waals surface area contributed by atoms with E-state index in [1.54, 1.807) is 6.08 Å². The summed E-state index contributed by atoms with van der Waals surface area (Å²) < 4.78 is 5.17. The molecule has 1 aliphatic heterocycles. The number of carbonyl (C=O) groups is 1. The molecule has 22 heavy (non-hydrogen) atoms. The van der Waals surface area contributed by atoms with Crippen molar-refractivity contribution in [2.75, 3.05) is 13.1 Å². The molecule has 0 aliphatic carbocycles. The first-order chi connectivity index (χ1) is 10.5. The number of nitrogens with zero attached hydrogens (tertiary/aromatic N) is 2. The zero-order valence-electron chi connectivity index (χ0n) is 13.3. The lowest BCUT2D eigenvalue weighted by Crippen LogP contribution is -2.53. The minimum absolute atomic E-state index is 0.0249. The van der Waals surface area contributed by atoms with E-state index in [-0.39, 0.29) is 11.9 Å². The van der Waals surface area contributed by atoms with Crippen molar-refractivity contribution in [3.05, 3.63) is 29.7 Å². The maximum Gasteiger partial charge on any atom is 0.220 e. The summed E-state index contributed by atoms with van der Waals surface area (Å²) in [7, 11) is 0. The number of aryl methyl sites for hydroxylation is 2. The molecule has 6 nitrogen and oxygen atoms in total. The monoisotopic (exact) mass is 307 g/mol. The lowest BCUT2D eigenvalue weighted by atomic mass is 10.0. The molecular formula is C16H25N3O3. The van der Waals surface area contributed by atoms with Crippen LogP contribution in [0.25, 0.3) is 0 Å². The quantitative estimate of drug-likeness (QED) is 0.775. The lowest BCUT2D eigenvalue weighted by molar-refractivity contribution is -0.123. The molecule has 0 spiro atoms. The molecule has 0 saturated carbocycles. The molecule has 1 aliphatic rings. The maximum absolute atomic E-state index is 11.7. The van der Waals surface area contributed by atoms with E-state index >= 15 is 0 Å². The lowest BCUT2D eigenvalue weighted by Gasteiger charge is -2.36. The number of hydrogen-bond acceptors (Lipinski definition) is 5. The van der Waals surface area contributed by atoms with Gasteiger partial charge in [0.25, 0.3) is 0 Å². The minimum atomic E-state index is -0.554. The van der Waals surface area contributed by atoms with Gasteiger partial charge in [-0.2, -0.15) is 0 Å². The number of carbonyl (C=O) groups excluding carboxylic acids is 1. The molecule has 1 fully saturated rings. The second-order valence-electron chi connectivity index (χ2n) is 5.90. The largest absolute Gasteiger partial charge is 0.390 e. The van der Waals surface area contributed by atoms with E-state index in [0.29, 0.717) is 19.4 Å². The molecule has 1 aromatic rings. The van der Waals surface area contributed by atoms with Gasteiger partial charge in [0.1, 0.15) is 5.76 Å². The highest BCUT2D eigenvalue weighted by Crippen LogP contribution is 2.19. The molecule has 0 unspecified atom stereocenters. The first-order valence-electron chi connectivity index (χ1n) is 7.73. The fourth-order valence-corrected chi connectivity index (χ4v) is 2.77. The first kappa shape index (κ1) is 16.7. The van der Waals surface area contributed by atoms with Crippen LogP contribution in [-0.2, 0) is 11.3 Å². The Morgan fingerprint density at radius 3 is 2.95 bits per heavy atom. The van der Waals surface area contributed by atoms with Crippen molar-refractivity contribution in [3.8, 4) is 0 Å². The average molecular weight is 307 g/mol. The number of piperidine rings is 1. The van der Waals surface area contributed by atoms with Crippen molar-refractivity contribution in [1.82, 2.24) is 15.4 Å². The van der Waals surface area contributed by atoms with Gasteiger partial charge in [0.2, 0.25) is 5.91 Å². The predicted molar refractivity (Wildman–Crippen MR) is 83.2 cm³/mol. The van der Waals surface area contributed by atoms with Gasteiger partial charge < -0.3 is 14.9 Å². The summed E-state index contributed by atoms with van der Waals surface area (Å²) >= 11 is 0. The molecule has 1 aromatic heterocycles. The summed E-state index contributed by atoms with van der Waals surface area (Å²) in [6.07, 6.45) is 3.00. The van der Waals surface area contributed by atoms with Crippen LogP contribution in [0.2, 0.25) is 0 Å². The Bertz CT molecular complexity index is 507. The van der Waals surface area contributed by atoms with Crippen molar-refractivity contribution in [1.29, 1.82) is 0 Å². The highest BCUT2D eigenvalue weighted by atomic mass is 16.5. The number of β-amino-alcohol motifs (C(OH)–C–C–N with tert-alkyl or cyclic N) is 1. The fraction of sp³-hybridized carbons (Fsp3) is 0.625. The maximum atomic E-state index is 11.7. The summed E-state index contributed by atoms with van der Waals surface area (Å²) in [6.45, 7) is 9.51. The molecule has 0 radical (unpaired) electrons. The van der Waals surface area contributed by atoms with E-state index in [1.807, 2.05) is 13.8 Å². The van der Waals surface area contributed by atoms with Crippen molar-refractivity contribution in [2.24, 2.45) is 0 Å². The Labute approximate surface area is 131 Å². The van der Waals surface area contributed by atoms with Crippen LogP contribution in [0.5, 0.6) is 0 Å². The van der Waals surface area contributed by atoms with Crippen LogP contribution in [0, 0.1) is 13.8 Å². The third-order valence-electron chi connectivity index (χ3n) is 4.15. The Balaban J connectivity index is 1.84. The molecule has 2 N–H and O–H groups in total. The highest BCUT2D eigenvalue weighted by Gasteiger charge is 2.29. The molecular weight excluding hydrogens is 282 g/mol. The van der Waals surface area contributed by atoms with Crippen LogP contribution in [0.15, 0.2) is 17.2 Å². The third-order valence-corrected chi connectivity index (χ3v) is 4.15. The van der Waals surface area contributed by atoms with E-state index in [2.05, 4.69) is 22.0 Å². The summed E-state index contributed by atoms with van der Waals surface area (Å²) in [5.74, 6) is 0.801. The van der Waals surface area contributed by atoms with Crippen molar-refractivity contribution in [2.45, 2.75) is 51.8 Å². The SMILES string of the molecule is C=CCCC(=O)N[C@@H]1CCN(Cc2c(C)noc2C)C[C@H]1O. The summed E-state index contributed by atoms with van der Waals surface area (Å²) in [6, 6.07) is -0.168. The summed E-state index contributed by atoms with van der Waals surface area (Å²) in [5.41, 5.74) is 1.98. The summed E-state index contributed by atoms with van der Waals surface area (Å²) in [5, 5.41) is 17.1. The number of aromatic nitrogens is 1. The van der Waals surface area contributed by atoms with Gasteiger partial charge in [0.05, 0.1) is 17.8 Å². The van der Waals surface area contributed by atoms with Crippen molar-refractivity contribution in [3.63, 3.8) is 0 Å². The second-order valence-corrected chi connectivity index (χ2v) is 5.90. The van der Waals surface area contributed by atoms with E-state index in [9.17, 15) is 9.90 Å². The second kappa shape index (κ2) is 7.56. The van der Waals surface area contributed by atoms with Gasteiger partial charge in [0, 0.05) is 31.6 Å². The van der Waals surface area contributed by atoms with Gasteiger partial charge in [-0.1, -0.05) is 11.2 Å². The molecule has 0 aromatic carbocycles. The first-order valence-corrected chi connectivity index (χ1v) is 7.73. The third kappa shape index (κ3) is 4.18. The van der Waals surface area contributed by atoms with Gasteiger partial charge >= 0.3 is 0 Å². The Hall–Kier alpha value is -1.66. The van der Waals surface area contributed by atoms with Crippen LogP contribution in [0.4, 0.5) is 0 Å². The van der Waals surface area contributed by atoms with E-state index in [1.165, 1.54) is 0 Å². The molecule has 122 valence electrons. The van der Waals surface area contributed by atoms with Gasteiger partial charge in [-0.25, -0.2) is 0 Å². The molecule has 6 heteroatoms. The van der Waals surface area contributed by atoms with Gasteiger partial charge in [-0.3, -0.25) is 9.69 Å². The standard InChI is InChI=1S/C16H25N3O3/c1-4-5-6-16(21)17-14-7-8-19(10-15(14)20)9-13-11(2)18-22-12(13)3/h4,14-15,20H,1,5-10H2,2-3H3,(H,17,21)/t14-,15-/m1/s1. The van der Waals surface area contributed by atoms with Crippen molar-refractivity contribution >= 4 is 5.91 Å². The molecule has 0 bridgehead atoms. The van der Waals surface area contributed by atoms with E-state index in [4.69, 9.17) is 4.52 Å². The smallest absolute Gasteiger partial charge is 0.220 e. The predicted octanol–water partition coefficient (Wildman–Crippen LogP) is 1.31. The van der Waals surface area contributed by atoms with Crippen LogP contribution < -0.4 is 5.32 Å². The average Bonchev–Trinajstić information content (AvgIpc) is 2.80. The Morgan fingerprint density at radius 1 is 1.59 bits per heavy atom. The van der Waals surface area contributed by atoms with Crippen LogP contribution in [0.1, 0.15) is 36.3 Å². The Morgan fingerprint density at radius 2 is 2.36 bits per heavy atom. The number of allylic oxidation sites excluding steroid dienone is 1. The Kier molecular flexibility index (Phi) is 5.74. The number of nitrogens with one attached hydrogen (secondary N) is 1. The van der Waals surface area contributed by atoms with Crippen LogP contribution >= 0.6 is 0 Å². The zero-order valence-corrected chi connectivity index (χ0v) is 13.3. The van der Waals surface area contributed by atoms with E-state index < -0.39 is 6.10 Å². The number of aliphatic hydroxyl groups is 1. The number of aliphatic hydroxyl groups excluding tert-OH is 1. The number of hydrogen-bond donors (Lipinski definition) is 2. The molecule has 2 heterocycles. The normalized spacial score (nSPS) is 22.5. The van der Waals surface area contributed by atoms with Gasteiger partial charge in [-0.15, -0.1) is 6.58 Å². The molecule has 2 atom stereocenters. The number of rotatable bonds is 6. The van der Waals surface area contributed by atoms with Crippen molar-refractivity contribution < 1.29 is 14.4 Å². The highest BCUT2D eigenvalue weighted by molar-refractivity contribution is 5.76. The molecule has 2 rings (SSSR count). The zero-order chi connectivity index (χ0) is 16.1. The van der Waals surface area contributed by atoms with E-state index in [0.717, 1.165) is 36.5 Å². The van der Waals surface area contributed by atoms with Gasteiger partial charge in [-0.05, 0) is 26.7 Å². The van der Waals surface area contributed by atoms with Crippen LogP contribution in [0.3, 0.4) is 0 Å². The summed E-state index contributed by atoms with van der Waals surface area (Å²) in [4.78, 5) is 13.9. The molecule has 1 amide bonds. The number of likely N-dealkylation sites (tertiary alicyclic amines) is 1. The minimum Gasteiger partial charge on any atom is -0.390 e. The number of amides is 1. The van der Waals surface area contributed by atoms with Crippen LogP contribution in [-0.4, -0.2) is 46.3 Å². The fourth-order valence-electron chi connectivity index (χ4n) is 2.77. The molecule has 1 saturated heterocycles.